The number of aliphatic hydroxyl groups is 1. The molecule has 164 valence electrons. The predicted octanol–water partition coefficient (Wildman–Crippen LogP) is -0.406. The molecule has 0 aliphatic carbocycles. The molecule has 2 aliphatic rings. The van der Waals surface area contributed by atoms with Gasteiger partial charge < -0.3 is 31.7 Å². The maximum absolute atomic E-state index is 10.4. The van der Waals surface area contributed by atoms with E-state index in [2.05, 4.69) is 41.8 Å². The van der Waals surface area contributed by atoms with Gasteiger partial charge in [0.15, 0.2) is 11.5 Å². The van der Waals surface area contributed by atoms with Gasteiger partial charge in [-0.3, -0.25) is 9.80 Å². The zero-order valence-electron chi connectivity index (χ0n) is 17.6. The quantitative estimate of drug-likeness (QED) is 0.641. The van der Waals surface area contributed by atoms with Crippen LogP contribution in [0.1, 0.15) is 16.7 Å². The number of aryl methyl sites for hydroxylation is 2. The molecule has 1 fully saturated rings. The standard InChI is InChI=1S/C23H30N2O4.ClH/c1-17-9-18(2)11-21(10-17)27-15-20(26)14-25-7-5-24(6-8-25)13-19-3-4-22-23(12-19)29-16-28-22;/h3-4,9-12,20,26H,5-8,13-16H2,1-2H3;1H/p-1. The number of nitrogens with zero attached hydrogens (tertiary/aromatic N) is 2. The van der Waals surface area contributed by atoms with Crippen molar-refractivity contribution in [3.05, 3.63) is 53.1 Å². The third-order valence-electron chi connectivity index (χ3n) is 5.41. The van der Waals surface area contributed by atoms with E-state index in [0.717, 1.165) is 50.0 Å². The van der Waals surface area contributed by atoms with E-state index in [1.165, 1.54) is 16.7 Å². The molecular weight excluding hydrogens is 404 g/mol. The lowest BCUT2D eigenvalue weighted by molar-refractivity contribution is -0.0000100. The first kappa shape index (κ1) is 22.7. The number of halogens is 1. The van der Waals surface area contributed by atoms with Gasteiger partial charge in [-0.25, -0.2) is 0 Å². The van der Waals surface area contributed by atoms with Gasteiger partial charge in [-0.15, -0.1) is 0 Å². The van der Waals surface area contributed by atoms with Crippen LogP contribution < -0.4 is 26.6 Å². The van der Waals surface area contributed by atoms with E-state index in [1.807, 2.05) is 18.2 Å². The summed E-state index contributed by atoms with van der Waals surface area (Å²) in [4.78, 5) is 4.75. The molecule has 1 N–H and O–H groups in total. The summed E-state index contributed by atoms with van der Waals surface area (Å²) in [6.07, 6.45) is -0.490. The van der Waals surface area contributed by atoms with Crippen molar-refractivity contribution in [1.82, 2.24) is 9.80 Å². The summed E-state index contributed by atoms with van der Waals surface area (Å²) in [7, 11) is 0. The van der Waals surface area contributed by atoms with E-state index < -0.39 is 6.10 Å². The maximum atomic E-state index is 10.4. The summed E-state index contributed by atoms with van der Waals surface area (Å²) in [5, 5.41) is 10.4. The number of β-amino-alcohol motifs (C(OH)–C–C–N with tert-alkyl or cyclic N) is 1. The van der Waals surface area contributed by atoms with Crippen molar-refractivity contribution in [2.24, 2.45) is 0 Å². The Hall–Kier alpha value is -1.99. The molecule has 2 aromatic carbocycles. The fraction of sp³-hybridized carbons (Fsp3) is 0.478. The first-order valence-corrected chi connectivity index (χ1v) is 10.3. The monoisotopic (exact) mass is 433 g/mol. The van der Waals surface area contributed by atoms with Gasteiger partial charge in [0.1, 0.15) is 18.5 Å². The van der Waals surface area contributed by atoms with Gasteiger partial charge in [-0.05, 0) is 54.8 Å². The molecule has 0 bridgehead atoms. The molecule has 7 heteroatoms. The van der Waals surface area contributed by atoms with Gasteiger partial charge in [-0.1, -0.05) is 12.1 Å². The minimum Gasteiger partial charge on any atom is -1.00 e. The number of piperazine rings is 1. The zero-order chi connectivity index (χ0) is 20.2. The number of ether oxygens (including phenoxy) is 3. The Morgan fingerprint density at radius 3 is 2.33 bits per heavy atom. The molecule has 30 heavy (non-hydrogen) atoms. The molecule has 0 saturated carbocycles. The van der Waals surface area contributed by atoms with E-state index >= 15 is 0 Å². The third-order valence-corrected chi connectivity index (χ3v) is 5.41. The highest BCUT2D eigenvalue weighted by Gasteiger charge is 2.21. The molecule has 2 aliphatic heterocycles. The smallest absolute Gasteiger partial charge is 0.231 e. The van der Waals surface area contributed by atoms with Gasteiger partial charge >= 0.3 is 0 Å². The van der Waals surface area contributed by atoms with E-state index in [-0.39, 0.29) is 12.4 Å². The first-order chi connectivity index (χ1) is 14.0. The second-order valence-corrected chi connectivity index (χ2v) is 8.05. The SMILES string of the molecule is Cc1cc(C)cc(OCC(O)CN2CCN(Cc3ccc4c(c3)OCO4)CC2)c1.[Cl-]. The van der Waals surface area contributed by atoms with Crippen molar-refractivity contribution in [2.45, 2.75) is 26.5 Å². The van der Waals surface area contributed by atoms with Crippen LogP contribution >= 0.6 is 0 Å². The van der Waals surface area contributed by atoms with Crippen LogP contribution in [0.5, 0.6) is 17.2 Å². The lowest BCUT2D eigenvalue weighted by atomic mass is 10.1. The predicted molar refractivity (Wildman–Crippen MR) is 112 cm³/mol. The van der Waals surface area contributed by atoms with E-state index in [0.29, 0.717) is 19.9 Å². The van der Waals surface area contributed by atoms with Crippen molar-refractivity contribution in [3.8, 4) is 17.2 Å². The highest BCUT2D eigenvalue weighted by molar-refractivity contribution is 5.44. The lowest BCUT2D eigenvalue weighted by Gasteiger charge is -2.35. The number of aliphatic hydroxyl groups excluding tert-OH is 1. The van der Waals surface area contributed by atoms with Crippen LogP contribution in [0.3, 0.4) is 0 Å². The summed E-state index contributed by atoms with van der Waals surface area (Å²) in [6, 6.07) is 12.3. The molecule has 2 aromatic rings. The highest BCUT2D eigenvalue weighted by Crippen LogP contribution is 2.32. The van der Waals surface area contributed by atoms with Crippen LogP contribution in [0.25, 0.3) is 0 Å². The van der Waals surface area contributed by atoms with Gasteiger partial charge in [-0.2, -0.15) is 0 Å². The molecule has 1 saturated heterocycles. The van der Waals surface area contributed by atoms with E-state index in [9.17, 15) is 5.11 Å². The third kappa shape index (κ3) is 6.01. The topological polar surface area (TPSA) is 54.4 Å². The van der Waals surface area contributed by atoms with Crippen LogP contribution in [-0.4, -0.2) is 67.1 Å². The van der Waals surface area contributed by atoms with Crippen LogP contribution in [0, 0.1) is 13.8 Å². The second-order valence-electron chi connectivity index (χ2n) is 8.05. The van der Waals surface area contributed by atoms with Gasteiger partial charge in [0.25, 0.3) is 0 Å². The molecule has 0 amide bonds. The summed E-state index contributed by atoms with van der Waals surface area (Å²) in [5.74, 6) is 2.50. The molecule has 0 aromatic heterocycles. The van der Waals surface area contributed by atoms with Crippen LogP contribution in [0.2, 0.25) is 0 Å². The van der Waals surface area contributed by atoms with Gasteiger partial charge in [0.05, 0.1) is 0 Å². The fourth-order valence-corrected chi connectivity index (χ4v) is 3.99. The number of rotatable bonds is 7. The molecular formula is C23H30ClN2O4-. The minimum atomic E-state index is -0.490. The molecule has 2 heterocycles. The molecule has 4 rings (SSSR count). The van der Waals surface area contributed by atoms with E-state index in [4.69, 9.17) is 14.2 Å². The summed E-state index contributed by atoms with van der Waals surface area (Å²) >= 11 is 0. The average Bonchev–Trinajstić information content (AvgIpc) is 3.15. The van der Waals surface area contributed by atoms with Crippen LogP contribution in [0.4, 0.5) is 0 Å². The Labute approximate surface area is 184 Å². The Bertz CT molecular complexity index is 820. The zero-order valence-corrected chi connectivity index (χ0v) is 18.4. The highest BCUT2D eigenvalue weighted by atomic mass is 35.5. The average molecular weight is 434 g/mol. The summed E-state index contributed by atoms with van der Waals surface area (Å²) in [5.41, 5.74) is 3.59. The number of hydrogen-bond donors (Lipinski definition) is 1. The Morgan fingerprint density at radius 2 is 1.60 bits per heavy atom. The molecule has 0 spiro atoms. The largest absolute Gasteiger partial charge is 1.00 e. The van der Waals surface area contributed by atoms with Crippen LogP contribution in [0.15, 0.2) is 36.4 Å². The Balaban J connectivity index is 0.00000256. The van der Waals surface area contributed by atoms with Crippen molar-refractivity contribution < 1.29 is 31.7 Å². The van der Waals surface area contributed by atoms with E-state index in [1.54, 1.807) is 0 Å². The van der Waals surface area contributed by atoms with Crippen LogP contribution in [-0.2, 0) is 6.54 Å². The lowest BCUT2D eigenvalue weighted by Crippen LogP contribution is -3.00. The van der Waals surface area contributed by atoms with Crippen molar-refractivity contribution in [1.29, 1.82) is 0 Å². The number of benzene rings is 2. The molecule has 1 atom stereocenters. The van der Waals surface area contributed by atoms with Crippen molar-refractivity contribution in [3.63, 3.8) is 0 Å². The Kier molecular flexibility index (Phi) is 7.83. The maximum Gasteiger partial charge on any atom is 0.231 e. The number of hydrogen-bond acceptors (Lipinski definition) is 6. The molecule has 0 radical (unpaired) electrons. The summed E-state index contributed by atoms with van der Waals surface area (Å²) in [6.45, 7) is 10.2. The Morgan fingerprint density at radius 1 is 0.933 bits per heavy atom. The molecule has 6 nitrogen and oxygen atoms in total. The summed E-state index contributed by atoms with van der Waals surface area (Å²) < 4.78 is 16.6. The van der Waals surface area contributed by atoms with Gasteiger partial charge in [0.2, 0.25) is 6.79 Å². The first-order valence-electron chi connectivity index (χ1n) is 10.3. The normalized spacial score (nSPS) is 17.4. The van der Waals surface area contributed by atoms with Crippen molar-refractivity contribution >= 4 is 0 Å². The second kappa shape index (κ2) is 10.4. The number of fused-ring (bicyclic) bond motifs is 1. The molecule has 1 unspecified atom stereocenters. The van der Waals surface area contributed by atoms with Gasteiger partial charge in [0, 0.05) is 39.3 Å². The fourth-order valence-electron chi connectivity index (χ4n) is 3.99. The van der Waals surface area contributed by atoms with Crippen molar-refractivity contribution in [2.75, 3.05) is 46.1 Å². The minimum absolute atomic E-state index is 0.